The van der Waals surface area contributed by atoms with Crippen LogP contribution in [-0.4, -0.2) is 12.0 Å². The Kier molecular flexibility index (Phi) is 4.24. The summed E-state index contributed by atoms with van der Waals surface area (Å²) < 4.78 is 5.80. The van der Waals surface area contributed by atoms with Crippen molar-refractivity contribution in [3.8, 4) is 5.75 Å². The molecule has 0 atom stereocenters. The lowest BCUT2D eigenvalue weighted by molar-refractivity contribution is -0.384. The molecule has 2 aromatic carbocycles. The van der Waals surface area contributed by atoms with Crippen molar-refractivity contribution in [2.75, 3.05) is 12.4 Å². The van der Waals surface area contributed by atoms with Crippen molar-refractivity contribution in [2.45, 2.75) is 6.92 Å². The minimum absolute atomic E-state index is 0.0228. The number of aryl methyl sites for hydroxylation is 1. The number of nitro benzene ring substituents is 1. The molecular weight excluding hydrogens is 324 g/mol. The van der Waals surface area contributed by atoms with Gasteiger partial charge in [0, 0.05) is 16.2 Å². The van der Waals surface area contributed by atoms with Crippen LogP contribution >= 0.6 is 15.9 Å². The zero-order valence-corrected chi connectivity index (χ0v) is 12.6. The molecule has 0 radical (unpaired) electrons. The number of nitrogens with one attached hydrogen (secondary N) is 1. The second-order valence-electron chi connectivity index (χ2n) is 4.22. The van der Waals surface area contributed by atoms with Crippen LogP contribution in [0.5, 0.6) is 5.75 Å². The second-order valence-corrected chi connectivity index (χ2v) is 5.14. The molecule has 0 unspecified atom stereocenters. The maximum absolute atomic E-state index is 11.1. The van der Waals surface area contributed by atoms with Crippen molar-refractivity contribution < 1.29 is 9.66 Å². The van der Waals surface area contributed by atoms with Crippen molar-refractivity contribution in [1.82, 2.24) is 0 Å². The first-order valence-corrected chi connectivity index (χ1v) is 6.66. The quantitative estimate of drug-likeness (QED) is 0.663. The maximum atomic E-state index is 11.1. The summed E-state index contributed by atoms with van der Waals surface area (Å²) in [6.45, 7) is 1.91. The minimum atomic E-state index is -0.411. The van der Waals surface area contributed by atoms with Crippen LogP contribution in [0.3, 0.4) is 0 Å². The number of anilines is 2. The summed E-state index contributed by atoms with van der Waals surface area (Å²) in [4.78, 5) is 10.7. The van der Waals surface area contributed by atoms with E-state index in [2.05, 4.69) is 21.2 Å². The molecule has 104 valence electrons. The summed E-state index contributed by atoms with van der Waals surface area (Å²) in [7, 11) is 1.60. The number of nitrogens with zero attached hydrogens (tertiary/aromatic N) is 1. The number of nitro groups is 1. The van der Waals surface area contributed by atoms with Crippen LogP contribution in [0.1, 0.15) is 5.56 Å². The van der Waals surface area contributed by atoms with E-state index in [9.17, 15) is 10.1 Å². The number of benzene rings is 2. The summed E-state index contributed by atoms with van der Waals surface area (Å²) in [6.07, 6.45) is 0. The highest BCUT2D eigenvalue weighted by Gasteiger charge is 2.15. The van der Waals surface area contributed by atoms with E-state index < -0.39 is 4.92 Å². The molecule has 0 aliphatic rings. The molecular formula is C14H13BrN2O3. The molecule has 0 fully saturated rings. The number of ether oxygens (including phenoxy) is 1. The van der Waals surface area contributed by atoms with Gasteiger partial charge in [-0.05, 0) is 42.8 Å². The first-order valence-electron chi connectivity index (χ1n) is 5.87. The normalized spacial score (nSPS) is 10.2. The standard InChI is InChI=1S/C14H13BrN2O3/c1-9-7-11(20-2)4-6-12(9)16-13-5-3-10(15)8-14(13)17(18)19/h3-8,16H,1-2H3. The molecule has 0 saturated carbocycles. The Hall–Kier alpha value is -2.08. The largest absolute Gasteiger partial charge is 0.497 e. The second kappa shape index (κ2) is 5.92. The van der Waals surface area contributed by atoms with Crippen LogP contribution in [0, 0.1) is 17.0 Å². The van der Waals surface area contributed by atoms with Crippen molar-refractivity contribution in [2.24, 2.45) is 0 Å². The minimum Gasteiger partial charge on any atom is -0.497 e. The van der Waals surface area contributed by atoms with E-state index in [-0.39, 0.29) is 5.69 Å². The molecule has 0 saturated heterocycles. The summed E-state index contributed by atoms with van der Waals surface area (Å²) >= 11 is 3.23. The van der Waals surface area contributed by atoms with Gasteiger partial charge in [0.1, 0.15) is 11.4 Å². The fourth-order valence-corrected chi connectivity index (χ4v) is 2.16. The third-order valence-corrected chi connectivity index (χ3v) is 3.35. The van der Waals surface area contributed by atoms with Gasteiger partial charge in [0.25, 0.3) is 5.69 Å². The summed E-state index contributed by atoms with van der Waals surface area (Å²) in [5, 5.41) is 14.2. The highest BCUT2D eigenvalue weighted by Crippen LogP contribution is 2.32. The third-order valence-electron chi connectivity index (χ3n) is 2.86. The summed E-state index contributed by atoms with van der Waals surface area (Å²) in [5.41, 5.74) is 2.22. The van der Waals surface area contributed by atoms with E-state index >= 15 is 0 Å². The van der Waals surface area contributed by atoms with Crippen LogP contribution in [0.2, 0.25) is 0 Å². The first-order chi connectivity index (χ1) is 9.51. The lowest BCUT2D eigenvalue weighted by Crippen LogP contribution is -1.98. The van der Waals surface area contributed by atoms with Crippen molar-refractivity contribution >= 4 is 33.0 Å². The average Bonchev–Trinajstić information content (AvgIpc) is 2.42. The molecule has 0 aliphatic heterocycles. The predicted octanol–water partition coefficient (Wildman–Crippen LogP) is 4.42. The zero-order chi connectivity index (χ0) is 14.7. The Morgan fingerprint density at radius 1 is 1.20 bits per heavy atom. The molecule has 20 heavy (non-hydrogen) atoms. The van der Waals surface area contributed by atoms with E-state index in [4.69, 9.17) is 4.74 Å². The number of rotatable bonds is 4. The van der Waals surface area contributed by atoms with E-state index in [0.717, 1.165) is 17.0 Å². The number of halogens is 1. The van der Waals surface area contributed by atoms with Gasteiger partial charge in [-0.15, -0.1) is 0 Å². The van der Waals surface area contributed by atoms with Gasteiger partial charge < -0.3 is 10.1 Å². The van der Waals surface area contributed by atoms with E-state index in [0.29, 0.717) is 10.2 Å². The van der Waals surface area contributed by atoms with Gasteiger partial charge in [0.05, 0.1) is 12.0 Å². The van der Waals surface area contributed by atoms with E-state index in [1.54, 1.807) is 25.3 Å². The van der Waals surface area contributed by atoms with Crippen LogP contribution in [0.25, 0.3) is 0 Å². The Morgan fingerprint density at radius 3 is 2.50 bits per heavy atom. The monoisotopic (exact) mass is 336 g/mol. The molecule has 0 bridgehead atoms. The SMILES string of the molecule is COc1ccc(Nc2ccc(Br)cc2[N+](=O)[O-])c(C)c1. The summed E-state index contributed by atoms with van der Waals surface area (Å²) in [6, 6.07) is 10.4. The number of hydrogen-bond donors (Lipinski definition) is 1. The average molecular weight is 337 g/mol. The van der Waals surface area contributed by atoms with E-state index in [1.165, 1.54) is 6.07 Å². The van der Waals surface area contributed by atoms with Crippen molar-refractivity contribution in [3.63, 3.8) is 0 Å². The summed E-state index contributed by atoms with van der Waals surface area (Å²) in [5.74, 6) is 0.748. The van der Waals surface area contributed by atoms with Gasteiger partial charge in [-0.1, -0.05) is 15.9 Å². The van der Waals surface area contributed by atoms with Crippen LogP contribution < -0.4 is 10.1 Å². The molecule has 1 N–H and O–H groups in total. The predicted molar refractivity (Wildman–Crippen MR) is 81.8 cm³/mol. The Balaban J connectivity index is 2.37. The van der Waals surface area contributed by atoms with Crippen molar-refractivity contribution in [3.05, 3.63) is 56.5 Å². The molecule has 0 spiro atoms. The Bertz CT molecular complexity index is 659. The van der Waals surface area contributed by atoms with Crippen LogP contribution in [0.15, 0.2) is 40.9 Å². The number of hydrogen-bond acceptors (Lipinski definition) is 4. The Labute approximate surface area is 124 Å². The fraction of sp³-hybridized carbons (Fsp3) is 0.143. The number of methoxy groups -OCH3 is 1. The van der Waals surface area contributed by atoms with Gasteiger partial charge in [0.15, 0.2) is 0 Å². The van der Waals surface area contributed by atoms with Gasteiger partial charge in [-0.2, -0.15) is 0 Å². The highest BCUT2D eigenvalue weighted by molar-refractivity contribution is 9.10. The molecule has 5 nitrogen and oxygen atoms in total. The molecule has 0 aromatic heterocycles. The molecule has 2 aromatic rings. The van der Waals surface area contributed by atoms with E-state index in [1.807, 2.05) is 19.1 Å². The fourth-order valence-electron chi connectivity index (χ4n) is 1.81. The molecule has 2 rings (SSSR count). The smallest absolute Gasteiger partial charge is 0.293 e. The van der Waals surface area contributed by atoms with Crippen LogP contribution in [-0.2, 0) is 0 Å². The van der Waals surface area contributed by atoms with Crippen LogP contribution in [0.4, 0.5) is 17.1 Å². The molecule has 0 heterocycles. The van der Waals surface area contributed by atoms with Gasteiger partial charge in [-0.3, -0.25) is 10.1 Å². The van der Waals surface area contributed by atoms with Gasteiger partial charge >= 0.3 is 0 Å². The maximum Gasteiger partial charge on any atom is 0.293 e. The topological polar surface area (TPSA) is 64.4 Å². The molecule has 0 amide bonds. The lowest BCUT2D eigenvalue weighted by Gasteiger charge is -2.11. The highest BCUT2D eigenvalue weighted by atomic mass is 79.9. The Morgan fingerprint density at radius 2 is 1.90 bits per heavy atom. The lowest BCUT2D eigenvalue weighted by atomic mass is 10.1. The zero-order valence-electron chi connectivity index (χ0n) is 11.0. The van der Waals surface area contributed by atoms with Gasteiger partial charge in [0.2, 0.25) is 0 Å². The molecule has 6 heteroatoms. The van der Waals surface area contributed by atoms with Gasteiger partial charge in [-0.25, -0.2) is 0 Å². The van der Waals surface area contributed by atoms with Crippen molar-refractivity contribution in [1.29, 1.82) is 0 Å². The third kappa shape index (κ3) is 3.08. The first kappa shape index (κ1) is 14.3. The molecule has 0 aliphatic carbocycles.